The molecule has 2 heterocycles. The number of ether oxygens (including phenoxy) is 1. The average molecular weight is 369 g/mol. The van der Waals surface area contributed by atoms with Crippen molar-refractivity contribution >= 4 is 28.3 Å². The SMILES string of the molecule is COC(=O)N1CCc2c(sc(NC(=O)c3ccc(C)cc3C)c2C#N)C1. The highest BCUT2D eigenvalue weighted by molar-refractivity contribution is 7.16. The van der Waals surface area contributed by atoms with Gasteiger partial charge in [-0.1, -0.05) is 17.7 Å². The Hall–Kier alpha value is -2.85. The minimum absolute atomic E-state index is 0.234. The first-order valence-corrected chi connectivity index (χ1v) is 9.02. The molecule has 0 aliphatic carbocycles. The molecule has 6 nitrogen and oxygen atoms in total. The van der Waals surface area contributed by atoms with Crippen LogP contribution in [0.5, 0.6) is 0 Å². The van der Waals surface area contributed by atoms with Gasteiger partial charge in [-0.05, 0) is 37.5 Å². The van der Waals surface area contributed by atoms with Crippen molar-refractivity contribution in [2.24, 2.45) is 0 Å². The van der Waals surface area contributed by atoms with Crippen LogP contribution in [0.2, 0.25) is 0 Å². The van der Waals surface area contributed by atoms with E-state index in [-0.39, 0.29) is 12.0 Å². The van der Waals surface area contributed by atoms with Crippen LogP contribution < -0.4 is 5.32 Å². The maximum Gasteiger partial charge on any atom is 0.409 e. The molecule has 1 aliphatic rings. The molecule has 26 heavy (non-hydrogen) atoms. The molecular weight excluding hydrogens is 350 g/mol. The van der Waals surface area contributed by atoms with Gasteiger partial charge in [0.1, 0.15) is 11.1 Å². The van der Waals surface area contributed by atoms with Crippen LogP contribution in [-0.2, 0) is 17.7 Å². The topological polar surface area (TPSA) is 82.4 Å². The first kappa shape index (κ1) is 18.0. The quantitative estimate of drug-likeness (QED) is 0.876. The zero-order valence-electron chi connectivity index (χ0n) is 14.9. The molecule has 1 N–H and O–H groups in total. The second-order valence-electron chi connectivity index (χ2n) is 6.23. The first-order valence-electron chi connectivity index (χ1n) is 8.20. The zero-order chi connectivity index (χ0) is 18.8. The fourth-order valence-electron chi connectivity index (χ4n) is 3.13. The van der Waals surface area contributed by atoms with E-state index in [1.54, 1.807) is 11.0 Å². The molecule has 2 amide bonds. The molecule has 0 saturated carbocycles. The second-order valence-corrected chi connectivity index (χ2v) is 7.34. The standard InChI is InChI=1S/C19H19N3O3S/c1-11-4-5-13(12(2)8-11)17(23)21-18-15(9-20)14-6-7-22(19(24)25-3)10-16(14)26-18/h4-5,8H,6-7,10H2,1-3H3,(H,21,23). The van der Waals surface area contributed by atoms with Crippen molar-refractivity contribution in [2.75, 3.05) is 19.0 Å². The zero-order valence-corrected chi connectivity index (χ0v) is 15.7. The van der Waals surface area contributed by atoms with E-state index in [9.17, 15) is 14.9 Å². The van der Waals surface area contributed by atoms with Crippen LogP contribution in [0.15, 0.2) is 18.2 Å². The summed E-state index contributed by atoms with van der Waals surface area (Å²) in [6.45, 7) is 4.75. The van der Waals surface area contributed by atoms with Gasteiger partial charge in [0.2, 0.25) is 0 Å². The normalized spacial score (nSPS) is 12.9. The van der Waals surface area contributed by atoms with Gasteiger partial charge in [-0.2, -0.15) is 5.26 Å². The number of carbonyl (C=O) groups is 2. The number of aryl methyl sites for hydroxylation is 2. The second kappa shape index (κ2) is 7.18. The Kier molecular flexibility index (Phi) is 4.96. The number of carbonyl (C=O) groups excluding carboxylic acids is 2. The lowest BCUT2D eigenvalue weighted by Gasteiger charge is -2.25. The van der Waals surface area contributed by atoms with Crippen LogP contribution in [-0.4, -0.2) is 30.6 Å². The maximum atomic E-state index is 12.6. The molecule has 2 aromatic rings. The molecule has 0 unspecified atom stereocenters. The van der Waals surface area contributed by atoms with Crippen LogP contribution in [0.3, 0.4) is 0 Å². The predicted octanol–water partition coefficient (Wildman–Crippen LogP) is 3.61. The van der Waals surface area contributed by atoms with E-state index in [4.69, 9.17) is 4.74 Å². The summed E-state index contributed by atoms with van der Waals surface area (Å²) in [5.41, 5.74) is 3.97. The van der Waals surface area contributed by atoms with Crippen molar-refractivity contribution < 1.29 is 14.3 Å². The lowest BCUT2D eigenvalue weighted by molar-refractivity contribution is 0.102. The summed E-state index contributed by atoms with van der Waals surface area (Å²) in [5.74, 6) is -0.234. The Morgan fingerprint density at radius 1 is 1.35 bits per heavy atom. The molecule has 1 aromatic carbocycles. The van der Waals surface area contributed by atoms with Gasteiger partial charge in [0.15, 0.2) is 0 Å². The van der Waals surface area contributed by atoms with Crippen molar-refractivity contribution in [3.63, 3.8) is 0 Å². The molecule has 0 fully saturated rings. The number of anilines is 1. The van der Waals surface area contributed by atoms with E-state index < -0.39 is 0 Å². The number of thiophene rings is 1. The largest absolute Gasteiger partial charge is 0.453 e. The average Bonchev–Trinajstić information content (AvgIpc) is 2.96. The van der Waals surface area contributed by atoms with E-state index in [1.165, 1.54) is 18.4 Å². The minimum atomic E-state index is -0.386. The molecule has 134 valence electrons. The van der Waals surface area contributed by atoms with Gasteiger partial charge in [0, 0.05) is 17.0 Å². The Bertz CT molecular complexity index is 927. The highest BCUT2D eigenvalue weighted by atomic mass is 32.1. The third-order valence-electron chi connectivity index (χ3n) is 4.46. The smallest absolute Gasteiger partial charge is 0.409 e. The molecule has 1 aliphatic heterocycles. The molecule has 0 radical (unpaired) electrons. The Morgan fingerprint density at radius 2 is 2.12 bits per heavy atom. The number of nitrogens with one attached hydrogen (secondary N) is 1. The third-order valence-corrected chi connectivity index (χ3v) is 5.59. The number of benzene rings is 1. The molecule has 0 spiro atoms. The van der Waals surface area contributed by atoms with Gasteiger partial charge in [-0.3, -0.25) is 4.79 Å². The van der Waals surface area contributed by atoms with Crippen LogP contribution in [0, 0.1) is 25.2 Å². The number of rotatable bonds is 2. The molecule has 7 heteroatoms. The molecule has 0 atom stereocenters. The Morgan fingerprint density at radius 3 is 2.77 bits per heavy atom. The molecule has 0 bridgehead atoms. The summed E-state index contributed by atoms with van der Waals surface area (Å²) < 4.78 is 4.77. The van der Waals surface area contributed by atoms with Crippen molar-refractivity contribution in [3.05, 3.63) is 50.9 Å². The summed E-state index contributed by atoms with van der Waals surface area (Å²) >= 11 is 1.35. The van der Waals surface area contributed by atoms with E-state index >= 15 is 0 Å². The number of nitrogens with zero attached hydrogens (tertiary/aromatic N) is 2. The van der Waals surface area contributed by atoms with Crippen molar-refractivity contribution in [3.8, 4) is 6.07 Å². The monoisotopic (exact) mass is 369 g/mol. The summed E-state index contributed by atoms with van der Waals surface area (Å²) in [6.07, 6.45) is 0.187. The number of amides is 2. The first-order chi connectivity index (χ1) is 12.4. The van der Waals surface area contributed by atoms with Gasteiger partial charge in [0.05, 0.1) is 19.2 Å². The van der Waals surface area contributed by atoms with Crippen molar-refractivity contribution in [2.45, 2.75) is 26.8 Å². The van der Waals surface area contributed by atoms with Gasteiger partial charge in [-0.15, -0.1) is 11.3 Å². The Labute approximate surface area is 156 Å². The number of hydrogen-bond acceptors (Lipinski definition) is 5. The fourth-order valence-corrected chi connectivity index (χ4v) is 4.34. The third kappa shape index (κ3) is 3.28. The molecule has 1 aromatic heterocycles. The number of hydrogen-bond donors (Lipinski definition) is 1. The lowest BCUT2D eigenvalue weighted by atomic mass is 10.0. The number of fused-ring (bicyclic) bond motifs is 1. The highest BCUT2D eigenvalue weighted by Gasteiger charge is 2.28. The van der Waals surface area contributed by atoms with Crippen LogP contribution in [0.4, 0.5) is 9.80 Å². The van der Waals surface area contributed by atoms with Crippen LogP contribution in [0.1, 0.15) is 37.5 Å². The van der Waals surface area contributed by atoms with Gasteiger partial charge < -0.3 is 15.0 Å². The minimum Gasteiger partial charge on any atom is -0.453 e. The fraction of sp³-hybridized carbons (Fsp3) is 0.316. The molecular formula is C19H19N3O3S. The lowest BCUT2D eigenvalue weighted by Crippen LogP contribution is -2.35. The molecule has 0 saturated heterocycles. The van der Waals surface area contributed by atoms with Gasteiger partial charge in [0.25, 0.3) is 5.91 Å². The van der Waals surface area contributed by atoms with E-state index in [0.717, 1.165) is 21.6 Å². The van der Waals surface area contributed by atoms with Gasteiger partial charge >= 0.3 is 6.09 Å². The van der Waals surface area contributed by atoms with E-state index in [1.807, 2.05) is 26.0 Å². The summed E-state index contributed by atoms with van der Waals surface area (Å²) in [7, 11) is 1.35. The summed E-state index contributed by atoms with van der Waals surface area (Å²) in [5, 5.41) is 13.0. The Balaban J connectivity index is 1.88. The summed E-state index contributed by atoms with van der Waals surface area (Å²) in [6, 6.07) is 7.84. The van der Waals surface area contributed by atoms with Crippen LogP contribution in [0.25, 0.3) is 0 Å². The van der Waals surface area contributed by atoms with E-state index in [2.05, 4.69) is 11.4 Å². The van der Waals surface area contributed by atoms with E-state index in [0.29, 0.717) is 35.6 Å². The van der Waals surface area contributed by atoms with Crippen molar-refractivity contribution in [1.82, 2.24) is 4.90 Å². The maximum absolute atomic E-state index is 12.6. The van der Waals surface area contributed by atoms with Crippen molar-refractivity contribution in [1.29, 1.82) is 5.26 Å². The predicted molar refractivity (Wildman–Crippen MR) is 99.4 cm³/mol. The number of methoxy groups -OCH3 is 1. The summed E-state index contributed by atoms with van der Waals surface area (Å²) in [4.78, 5) is 26.9. The highest BCUT2D eigenvalue weighted by Crippen LogP contribution is 2.37. The number of nitriles is 1. The van der Waals surface area contributed by atoms with Crippen LogP contribution >= 0.6 is 11.3 Å². The molecule has 3 rings (SSSR count). The van der Waals surface area contributed by atoms with Gasteiger partial charge in [-0.25, -0.2) is 4.79 Å².